The van der Waals surface area contributed by atoms with E-state index in [0.29, 0.717) is 10.7 Å². The Bertz CT molecular complexity index is 468. The van der Waals surface area contributed by atoms with Crippen LogP contribution >= 0.6 is 27.3 Å². The number of piperidine rings is 1. The number of rotatable bonds is 3. The lowest BCUT2D eigenvalue weighted by Crippen LogP contribution is -2.26. The first-order chi connectivity index (χ1) is 9.24. The van der Waals surface area contributed by atoms with Gasteiger partial charge in [-0.2, -0.15) is 0 Å². The monoisotopic (exact) mass is 343 g/mol. The molecule has 0 bridgehead atoms. The van der Waals surface area contributed by atoms with Gasteiger partial charge in [-0.3, -0.25) is 0 Å². The topological polar surface area (TPSA) is 46.5 Å². The first kappa shape index (κ1) is 13.5. The quantitative estimate of drug-likeness (QED) is 0.858. The van der Waals surface area contributed by atoms with E-state index in [-0.39, 0.29) is 6.10 Å². The van der Waals surface area contributed by atoms with Crippen molar-refractivity contribution < 1.29 is 4.84 Å². The van der Waals surface area contributed by atoms with Crippen LogP contribution in [0.3, 0.4) is 0 Å². The highest BCUT2D eigenvalue weighted by atomic mass is 79.9. The van der Waals surface area contributed by atoms with Crippen LogP contribution < -0.4 is 5.32 Å². The molecule has 1 N–H and O–H groups in total. The molecule has 1 aromatic heterocycles. The number of thiazole rings is 1. The van der Waals surface area contributed by atoms with Crippen LogP contribution in [-0.4, -0.2) is 34.7 Å². The summed E-state index contributed by atoms with van der Waals surface area (Å²) in [6, 6.07) is 0. The predicted octanol–water partition coefficient (Wildman–Crippen LogP) is 2.89. The van der Waals surface area contributed by atoms with Crippen molar-refractivity contribution in [2.24, 2.45) is 5.16 Å². The number of alkyl halides is 1. The lowest BCUT2D eigenvalue weighted by atomic mass is 9.99. The fourth-order valence-electron chi connectivity index (χ4n) is 2.47. The molecule has 19 heavy (non-hydrogen) atoms. The first-order valence-corrected chi connectivity index (χ1v) is 8.57. The van der Waals surface area contributed by atoms with E-state index in [1.807, 2.05) is 0 Å². The highest BCUT2D eigenvalue weighted by Crippen LogP contribution is 2.30. The Morgan fingerprint density at radius 2 is 2.26 bits per heavy atom. The zero-order valence-electron chi connectivity index (χ0n) is 10.9. The SMILES string of the molecule is CC(Br)C1CC(c2csc(C3CCNCC3)n2)=NO1. The van der Waals surface area contributed by atoms with Crippen molar-refractivity contribution in [3.63, 3.8) is 0 Å². The average Bonchev–Trinajstić information content (AvgIpc) is 3.09. The largest absolute Gasteiger partial charge is 0.391 e. The van der Waals surface area contributed by atoms with Gasteiger partial charge in [0.2, 0.25) is 0 Å². The summed E-state index contributed by atoms with van der Waals surface area (Å²) in [6.45, 7) is 4.30. The smallest absolute Gasteiger partial charge is 0.145 e. The number of nitrogens with zero attached hydrogens (tertiary/aromatic N) is 2. The van der Waals surface area contributed by atoms with Crippen molar-refractivity contribution in [3.8, 4) is 0 Å². The molecule has 3 rings (SSSR count). The molecule has 1 aromatic rings. The summed E-state index contributed by atoms with van der Waals surface area (Å²) in [7, 11) is 0. The fourth-order valence-corrected chi connectivity index (χ4v) is 3.75. The second kappa shape index (κ2) is 5.89. The Balaban J connectivity index is 1.68. The third-order valence-electron chi connectivity index (χ3n) is 3.71. The van der Waals surface area contributed by atoms with Gasteiger partial charge in [0.05, 0.1) is 15.5 Å². The molecule has 2 aliphatic rings. The van der Waals surface area contributed by atoms with Crippen LogP contribution in [0.1, 0.15) is 42.8 Å². The Labute approximate surface area is 125 Å². The molecule has 0 saturated carbocycles. The first-order valence-electron chi connectivity index (χ1n) is 6.77. The number of oxime groups is 1. The van der Waals surface area contributed by atoms with Crippen LogP contribution in [0.4, 0.5) is 0 Å². The second-order valence-corrected chi connectivity index (χ2v) is 7.49. The maximum atomic E-state index is 5.43. The average molecular weight is 344 g/mol. The van der Waals surface area contributed by atoms with Gasteiger partial charge >= 0.3 is 0 Å². The van der Waals surface area contributed by atoms with Crippen molar-refractivity contribution in [1.29, 1.82) is 0 Å². The molecule has 0 aromatic carbocycles. The lowest BCUT2D eigenvalue weighted by molar-refractivity contribution is 0.0882. The van der Waals surface area contributed by atoms with Crippen LogP contribution in [0.15, 0.2) is 10.5 Å². The van der Waals surface area contributed by atoms with E-state index in [1.165, 1.54) is 17.8 Å². The summed E-state index contributed by atoms with van der Waals surface area (Å²) in [6.07, 6.45) is 3.37. The molecule has 104 valence electrons. The molecule has 2 atom stereocenters. The van der Waals surface area contributed by atoms with Gasteiger partial charge < -0.3 is 10.2 Å². The molecule has 0 aliphatic carbocycles. The molecule has 3 heterocycles. The van der Waals surface area contributed by atoms with Crippen LogP contribution in [0.25, 0.3) is 0 Å². The van der Waals surface area contributed by atoms with Crippen LogP contribution in [-0.2, 0) is 4.84 Å². The third-order valence-corrected chi connectivity index (χ3v) is 5.31. The Morgan fingerprint density at radius 3 is 2.95 bits per heavy atom. The van der Waals surface area contributed by atoms with Gasteiger partial charge in [-0.25, -0.2) is 4.98 Å². The minimum absolute atomic E-state index is 0.138. The Kier molecular flexibility index (Phi) is 4.19. The number of halogens is 1. The van der Waals surface area contributed by atoms with Crippen molar-refractivity contribution >= 4 is 33.0 Å². The highest BCUT2D eigenvalue weighted by Gasteiger charge is 2.28. The number of hydrogen-bond donors (Lipinski definition) is 1. The molecule has 6 heteroatoms. The van der Waals surface area contributed by atoms with E-state index < -0.39 is 0 Å². The second-order valence-electron chi connectivity index (χ2n) is 5.16. The van der Waals surface area contributed by atoms with Gasteiger partial charge in [0.25, 0.3) is 0 Å². The minimum atomic E-state index is 0.138. The van der Waals surface area contributed by atoms with Gasteiger partial charge in [-0.05, 0) is 32.9 Å². The van der Waals surface area contributed by atoms with Gasteiger partial charge in [0.1, 0.15) is 11.8 Å². The lowest BCUT2D eigenvalue weighted by Gasteiger charge is -2.20. The van der Waals surface area contributed by atoms with Crippen molar-refractivity contribution in [2.45, 2.75) is 43.0 Å². The van der Waals surface area contributed by atoms with Crippen LogP contribution in [0, 0.1) is 0 Å². The van der Waals surface area contributed by atoms with E-state index in [9.17, 15) is 0 Å². The Morgan fingerprint density at radius 1 is 1.47 bits per heavy atom. The Hall–Kier alpha value is -0.460. The van der Waals surface area contributed by atoms with Gasteiger partial charge in [-0.1, -0.05) is 21.1 Å². The summed E-state index contributed by atoms with van der Waals surface area (Å²) in [4.78, 5) is 10.5. The molecule has 0 radical (unpaired) electrons. The van der Waals surface area contributed by atoms with Crippen molar-refractivity contribution in [1.82, 2.24) is 10.3 Å². The minimum Gasteiger partial charge on any atom is -0.391 e. The molecule has 0 spiro atoms. The zero-order valence-corrected chi connectivity index (χ0v) is 13.3. The fraction of sp³-hybridized carbons (Fsp3) is 0.692. The number of nitrogens with one attached hydrogen (secondary N) is 1. The molecular weight excluding hydrogens is 326 g/mol. The van der Waals surface area contributed by atoms with Crippen LogP contribution in [0.5, 0.6) is 0 Å². The molecule has 2 unspecified atom stereocenters. The summed E-state index contributed by atoms with van der Waals surface area (Å²) < 4.78 is 0. The van der Waals surface area contributed by atoms with E-state index in [4.69, 9.17) is 9.82 Å². The van der Waals surface area contributed by atoms with Gasteiger partial charge in [-0.15, -0.1) is 11.3 Å². The van der Waals surface area contributed by atoms with Gasteiger partial charge in [0, 0.05) is 17.7 Å². The molecule has 2 aliphatic heterocycles. The predicted molar refractivity (Wildman–Crippen MR) is 81.4 cm³/mol. The number of hydrogen-bond acceptors (Lipinski definition) is 5. The van der Waals surface area contributed by atoms with Crippen molar-refractivity contribution in [3.05, 3.63) is 16.1 Å². The standard InChI is InChI=1S/C13H18BrN3OS/c1-8(14)12-6-10(17-18-12)11-7-19-13(16-11)9-2-4-15-5-3-9/h7-9,12,15H,2-6H2,1H3. The van der Waals surface area contributed by atoms with E-state index in [0.717, 1.165) is 30.9 Å². The molecular formula is C13H18BrN3OS. The maximum Gasteiger partial charge on any atom is 0.145 e. The zero-order chi connectivity index (χ0) is 13.2. The van der Waals surface area contributed by atoms with Crippen LogP contribution in [0.2, 0.25) is 0 Å². The summed E-state index contributed by atoms with van der Waals surface area (Å²) >= 11 is 5.31. The summed E-state index contributed by atoms with van der Waals surface area (Å²) in [5, 5.41) is 11.0. The van der Waals surface area contributed by atoms with E-state index in [1.54, 1.807) is 11.3 Å². The highest BCUT2D eigenvalue weighted by molar-refractivity contribution is 9.09. The molecule has 0 amide bonds. The van der Waals surface area contributed by atoms with Crippen molar-refractivity contribution in [2.75, 3.05) is 13.1 Å². The molecule has 1 saturated heterocycles. The van der Waals surface area contributed by atoms with E-state index in [2.05, 4.69) is 38.7 Å². The normalized spacial score (nSPS) is 26.0. The van der Waals surface area contributed by atoms with Gasteiger partial charge in [0.15, 0.2) is 0 Å². The number of aromatic nitrogens is 1. The summed E-state index contributed by atoms with van der Waals surface area (Å²) in [5.74, 6) is 0.619. The maximum absolute atomic E-state index is 5.43. The van der Waals surface area contributed by atoms with E-state index >= 15 is 0 Å². The molecule has 4 nitrogen and oxygen atoms in total. The molecule has 1 fully saturated rings. The third kappa shape index (κ3) is 3.01. The summed E-state index contributed by atoms with van der Waals surface area (Å²) in [5.41, 5.74) is 2.00.